The van der Waals surface area contributed by atoms with Gasteiger partial charge in [-0.1, -0.05) is 0 Å². The molecule has 0 atom stereocenters. The molecule has 3 nitrogen and oxygen atoms in total. The molecule has 0 unspecified atom stereocenters. The summed E-state index contributed by atoms with van der Waals surface area (Å²) < 4.78 is 5.24. The van der Waals surface area contributed by atoms with E-state index in [1.165, 1.54) is 5.56 Å². The van der Waals surface area contributed by atoms with Gasteiger partial charge in [0.05, 0.1) is 6.26 Å². The standard InChI is InChI=1S/C12H14N2O/c1-2-12(15-9-1)5-8-14-10-11-3-6-13-7-4-11/h1-4,6-7,9,14H,5,8,10H2. The molecule has 0 spiro atoms. The highest BCUT2D eigenvalue weighted by atomic mass is 16.3. The molecule has 0 fully saturated rings. The van der Waals surface area contributed by atoms with Crippen LogP contribution in [0, 0.1) is 0 Å². The number of aromatic nitrogens is 1. The van der Waals surface area contributed by atoms with E-state index >= 15 is 0 Å². The first kappa shape index (κ1) is 9.93. The summed E-state index contributed by atoms with van der Waals surface area (Å²) in [5, 5.41) is 3.35. The maximum atomic E-state index is 5.24. The molecule has 2 aromatic rings. The molecule has 78 valence electrons. The van der Waals surface area contributed by atoms with Crippen LogP contribution in [0.5, 0.6) is 0 Å². The van der Waals surface area contributed by atoms with Crippen LogP contribution in [0.1, 0.15) is 11.3 Å². The summed E-state index contributed by atoms with van der Waals surface area (Å²) in [6.07, 6.45) is 6.25. The van der Waals surface area contributed by atoms with Gasteiger partial charge in [-0.3, -0.25) is 4.98 Å². The largest absolute Gasteiger partial charge is 0.469 e. The van der Waals surface area contributed by atoms with Crippen molar-refractivity contribution in [2.24, 2.45) is 0 Å². The Hall–Kier alpha value is -1.61. The molecule has 0 aliphatic heterocycles. The fraction of sp³-hybridized carbons (Fsp3) is 0.250. The van der Waals surface area contributed by atoms with Crippen LogP contribution in [0.3, 0.4) is 0 Å². The van der Waals surface area contributed by atoms with Gasteiger partial charge in [0.25, 0.3) is 0 Å². The minimum absolute atomic E-state index is 0.878. The lowest BCUT2D eigenvalue weighted by molar-refractivity contribution is 0.499. The fourth-order valence-corrected chi connectivity index (χ4v) is 1.40. The number of furan rings is 1. The van der Waals surface area contributed by atoms with Gasteiger partial charge in [0, 0.05) is 31.9 Å². The van der Waals surface area contributed by atoms with Gasteiger partial charge < -0.3 is 9.73 Å². The van der Waals surface area contributed by atoms with Gasteiger partial charge in [0.15, 0.2) is 0 Å². The lowest BCUT2D eigenvalue weighted by Gasteiger charge is -2.02. The van der Waals surface area contributed by atoms with E-state index in [9.17, 15) is 0 Å². The molecular formula is C12H14N2O. The number of hydrogen-bond donors (Lipinski definition) is 1. The molecule has 2 heterocycles. The Morgan fingerprint density at radius 1 is 1.20 bits per heavy atom. The number of rotatable bonds is 5. The summed E-state index contributed by atoms with van der Waals surface area (Å²) in [6, 6.07) is 7.94. The molecule has 0 radical (unpaired) electrons. The third kappa shape index (κ3) is 3.22. The number of nitrogens with one attached hydrogen (secondary N) is 1. The van der Waals surface area contributed by atoms with Gasteiger partial charge in [-0.2, -0.15) is 0 Å². The van der Waals surface area contributed by atoms with E-state index in [0.29, 0.717) is 0 Å². The summed E-state index contributed by atoms with van der Waals surface area (Å²) >= 11 is 0. The van der Waals surface area contributed by atoms with Crippen molar-refractivity contribution < 1.29 is 4.42 Å². The highest BCUT2D eigenvalue weighted by Crippen LogP contribution is 2.00. The van der Waals surface area contributed by atoms with Crippen molar-refractivity contribution >= 4 is 0 Å². The summed E-state index contributed by atoms with van der Waals surface area (Å²) in [6.45, 7) is 1.80. The summed E-state index contributed by atoms with van der Waals surface area (Å²) in [5.41, 5.74) is 1.25. The summed E-state index contributed by atoms with van der Waals surface area (Å²) in [7, 11) is 0. The Kier molecular flexibility index (Phi) is 3.52. The third-order valence-corrected chi connectivity index (χ3v) is 2.21. The van der Waals surface area contributed by atoms with Crippen LogP contribution >= 0.6 is 0 Å². The van der Waals surface area contributed by atoms with E-state index in [1.807, 2.05) is 36.7 Å². The smallest absolute Gasteiger partial charge is 0.105 e. The highest BCUT2D eigenvalue weighted by molar-refractivity contribution is 5.09. The minimum Gasteiger partial charge on any atom is -0.469 e. The monoisotopic (exact) mass is 202 g/mol. The summed E-state index contributed by atoms with van der Waals surface area (Å²) in [4.78, 5) is 3.97. The number of nitrogens with zero attached hydrogens (tertiary/aromatic N) is 1. The third-order valence-electron chi connectivity index (χ3n) is 2.21. The van der Waals surface area contributed by atoms with Crippen molar-refractivity contribution in [3.8, 4) is 0 Å². The molecule has 2 aromatic heterocycles. The second-order valence-corrected chi connectivity index (χ2v) is 3.36. The first-order chi connectivity index (χ1) is 7.45. The van der Waals surface area contributed by atoms with E-state index in [1.54, 1.807) is 6.26 Å². The van der Waals surface area contributed by atoms with Gasteiger partial charge in [-0.15, -0.1) is 0 Å². The van der Waals surface area contributed by atoms with Crippen LogP contribution in [0.25, 0.3) is 0 Å². The molecule has 0 saturated heterocycles. The molecule has 0 aliphatic carbocycles. The molecule has 3 heteroatoms. The van der Waals surface area contributed by atoms with E-state index in [4.69, 9.17) is 4.42 Å². The van der Waals surface area contributed by atoms with Gasteiger partial charge in [0.2, 0.25) is 0 Å². The molecule has 0 aliphatic rings. The van der Waals surface area contributed by atoms with Crippen LogP contribution in [0.2, 0.25) is 0 Å². The van der Waals surface area contributed by atoms with Crippen LogP contribution in [0.15, 0.2) is 47.3 Å². The van der Waals surface area contributed by atoms with Crippen LogP contribution in [-0.4, -0.2) is 11.5 Å². The highest BCUT2D eigenvalue weighted by Gasteiger charge is 1.95. The van der Waals surface area contributed by atoms with Gasteiger partial charge in [-0.05, 0) is 29.8 Å². The van der Waals surface area contributed by atoms with E-state index < -0.39 is 0 Å². The fourth-order valence-electron chi connectivity index (χ4n) is 1.40. The van der Waals surface area contributed by atoms with Crippen molar-refractivity contribution in [3.63, 3.8) is 0 Å². The predicted octanol–water partition coefficient (Wildman–Crippen LogP) is 2.01. The second kappa shape index (κ2) is 5.32. The molecule has 15 heavy (non-hydrogen) atoms. The van der Waals surface area contributed by atoms with Crippen molar-refractivity contribution in [1.82, 2.24) is 10.3 Å². The maximum Gasteiger partial charge on any atom is 0.105 e. The van der Waals surface area contributed by atoms with Crippen molar-refractivity contribution in [2.45, 2.75) is 13.0 Å². The topological polar surface area (TPSA) is 38.1 Å². The Morgan fingerprint density at radius 2 is 2.07 bits per heavy atom. The van der Waals surface area contributed by atoms with Gasteiger partial charge >= 0.3 is 0 Å². The Bertz CT molecular complexity index is 370. The van der Waals surface area contributed by atoms with Gasteiger partial charge in [0.1, 0.15) is 5.76 Å². The minimum atomic E-state index is 0.878. The average molecular weight is 202 g/mol. The normalized spacial score (nSPS) is 10.4. The van der Waals surface area contributed by atoms with E-state index in [2.05, 4.69) is 10.3 Å². The van der Waals surface area contributed by atoms with Crippen molar-refractivity contribution in [3.05, 3.63) is 54.2 Å². The van der Waals surface area contributed by atoms with E-state index in [-0.39, 0.29) is 0 Å². The Labute approximate surface area is 89.1 Å². The number of pyridine rings is 1. The van der Waals surface area contributed by atoms with Crippen LogP contribution < -0.4 is 5.32 Å². The van der Waals surface area contributed by atoms with E-state index in [0.717, 1.165) is 25.3 Å². The lowest BCUT2D eigenvalue weighted by atomic mass is 10.2. The zero-order chi connectivity index (χ0) is 10.3. The molecule has 0 bridgehead atoms. The Balaban J connectivity index is 1.68. The Morgan fingerprint density at radius 3 is 2.80 bits per heavy atom. The number of hydrogen-bond acceptors (Lipinski definition) is 3. The maximum absolute atomic E-state index is 5.24. The summed E-state index contributed by atoms with van der Waals surface area (Å²) in [5.74, 6) is 1.03. The zero-order valence-electron chi connectivity index (χ0n) is 8.52. The molecule has 0 aromatic carbocycles. The van der Waals surface area contributed by atoms with Crippen molar-refractivity contribution in [2.75, 3.05) is 6.54 Å². The SMILES string of the molecule is c1coc(CCNCc2ccncc2)c1. The average Bonchev–Trinajstić information content (AvgIpc) is 2.79. The van der Waals surface area contributed by atoms with Gasteiger partial charge in [-0.25, -0.2) is 0 Å². The molecular weight excluding hydrogens is 188 g/mol. The van der Waals surface area contributed by atoms with Crippen molar-refractivity contribution in [1.29, 1.82) is 0 Å². The molecule has 2 rings (SSSR count). The van der Waals surface area contributed by atoms with Crippen LogP contribution in [-0.2, 0) is 13.0 Å². The van der Waals surface area contributed by atoms with Crippen LogP contribution in [0.4, 0.5) is 0 Å². The predicted molar refractivity (Wildman–Crippen MR) is 58.4 cm³/mol. The lowest BCUT2D eigenvalue weighted by Crippen LogP contribution is -2.16. The first-order valence-electron chi connectivity index (χ1n) is 5.07. The second-order valence-electron chi connectivity index (χ2n) is 3.36. The molecule has 1 N–H and O–H groups in total. The quantitative estimate of drug-likeness (QED) is 0.754. The zero-order valence-corrected chi connectivity index (χ0v) is 8.52. The first-order valence-corrected chi connectivity index (χ1v) is 5.07. The molecule has 0 amide bonds. The molecule has 0 saturated carbocycles.